The molecule has 1 aliphatic heterocycles. The van der Waals surface area contributed by atoms with Gasteiger partial charge in [-0.3, -0.25) is 9.59 Å². The predicted molar refractivity (Wildman–Crippen MR) is 151 cm³/mol. The second kappa shape index (κ2) is 13.8. The van der Waals surface area contributed by atoms with Gasteiger partial charge in [0.05, 0.1) is 5.92 Å². The van der Waals surface area contributed by atoms with E-state index in [1.54, 1.807) is 12.1 Å². The molecule has 0 aliphatic carbocycles. The molecule has 1 saturated heterocycles. The van der Waals surface area contributed by atoms with E-state index in [4.69, 9.17) is 0 Å². The molecular weight excluding hydrogens is 474 g/mol. The minimum absolute atomic E-state index is 0.0777. The zero-order chi connectivity index (χ0) is 26.7. The number of amides is 2. The summed E-state index contributed by atoms with van der Waals surface area (Å²) in [4.78, 5) is 30.7. The van der Waals surface area contributed by atoms with E-state index in [0.29, 0.717) is 38.2 Å². The fraction of sp³-hybridized carbons (Fsp3) is 0.375. The second-order valence-electron chi connectivity index (χ2n) is 10.1. The molecule has 1 aliphatic rings. The lowest BCUT2D eigenvalue weighted by Crippen LogP contribution is -2.41. The van der Waals surface area contributed by atoms with Crippen LogP contribution in [0.2, 0.25) is 0 Å². The van der Waals surface area contributed by atoms with Gasteiger partial charge in [-0.2, -0.15) is 0 Å². The average Bonchev–Trinajstić information content (AvgIpc) is 2.97. The Kier molecular flexibility index (Phi) is 9.93. The Balaban J connectivity index is 1.45. The van der Waals surface area contributed by atoms with Crippen molar-refractivity contribution in [3.63, 3.8) is 0 Å². The molecule has 6 heteroatoms. The molecule has 3 aromatic rings. The maximum Gasteiger partial charge on any atom is 0.253 e. The summed E-state index contributed by atoms with van der Waals surface area (Å²) in [5.41, 5.74) is 3.83. The summed E-state index contributed by atoms with van der Waals surface area (Å²) in [5, 5.41) is 13.2. The first-order valence-corrected chi connectivity index (χ1v) is 13.7. The van der Waals surface area contributed by atoms with Gasteiger partial charge in [0.15, 0.2) is 0 Å². The first-order chi connectivity index (χ1) is 18.5. The van der Waals surface area contributed by atoms with Gasteiger partial charge in [-0.25, -0.2) is 0 Å². The molecule has 0 bridgehead atoms. The van der Waals surface area contributed by atoms with E-state index < -0.39 is 0 Å². The highest BCUT2D eigenvalue weighted by molar-refractivity contribution is 5.94. The topological polar surface area (TPSA) is 72.9 Å². The summed E-state index contributed by atoms with van der Waals surface area (Å²) < 4.78 is 0. The van der Waals surface area contributed by atoms with Crippen LogP contribution in [0.1, 0.15) is 53.2 Å². The van der Waals surface area contributed by atoms with Crippen molar-refractivity contribution in [1.82, 2.24) is 15.1 Å². The van der Waals surface area contributed by atoms with E-state index in [1.807, 2.05) is 71.3 Å². The summed E-state index contributed by atoms with van der Waals surface area (Å²) in [6, 6.07) is 25.0. The fourth-order valence-corrected chi connectivity index (χ4v) is 5.06. The van der Waals surface area contributed by atoms with E-state index in [2.05, 4.69) is 17.4 Å². The Morgan fingerprint density at radius 3 is 2.32 bits per heavy atom. The smallest absolute Gasteiger partial charge is 0.253 e. The van der Waals surface area contributed by atoms with Gasteiger partial charge < -0.3 is 20.2 Å². The van der Waals surface area contributed by atoms with Crippen LogP contribution in [0.3, 0.4) is 0 Å². The first kappa shape index (κ1) is 27.4. The fourth-order valence-electron chi connectivity index (χ4n) is 5.06. The van der Waals surface area contributed by atoms with Gasteiger partial charge in [0.1, 0.15) is 5.75 Å². The Morgan fingerprint density at radius 1 is 0.895 bits per heavy atom. The Labute approximate surface area is 226 Å². The highest BCUT2D eigenvalue weighted by Gasteiger charge is 2.25. The van der Waals surface area contributed by atoms with Crippen LogP contribution in [0.5, 0.6) is 5.75 Å². The lowest BCUT2D eigenvalue weighted by atomic mass is 9.97. The standard InChI is InChI=1S/C32H39N3O3/c1-2-34(24-27-12-9-13-28(21-27)31(37)35-18-7-4-8-19-35)32(38)29(20-25-14-16-30(36)17-15-25)23-33-22-26-10-5-3-6-11-26/h3,5-6,9-17,21,29,33,36H,2,4,7-8,18-20,22-24H2,1H3. The Hall–Kier alpha value is -3.64. The third-order valence-electron chi connectivity index (χ3n) is 7.21. The first-order valence-electron chi connectivity index (χ1n) is 13.7. The van der Waals surface area contributed by atoms with Gasteiger partial charge in [-0.05, 0) is 73.6 Å². The molecule has 3 aromatic carbocycles. The molecule has 200 valence electrons. The minimum Gasteiger partial charge on any atom is -0.508 e. The number of benzene rings is 3. The number of carbonyl (C=O) groups is 2. The average molecular weight is 514 g/mol. The van der Waals surface area contributed by atoms with Crippen molar-refractivity contribution in [2.75, 3.05) is 26.2 Å². The van der Waals surface area contributed by atoms with Gasteiger partial charge in [-0.15, -0.1) is 0 Å². The zero-order valence-corrected chi connectivity index (χ0v) is 22.3. The highest BCUT2D eigenvalue weighted by Crippen LogP contribution is 2.19. The number of phenolic OH excluding ortho intramolecular Hbond substituents is 1. The number of hydrogen-bond acceptors (Lipinski definition) is 4. The SMILES string of the molecule is CCN(Cc1cccc(C(=O)N2CCCCC2)c1)C(=O)C(CNCc1ccccc1)Cc1ccc(O)cc1. The molecule has 2 N–H and O–H groups in total. The van der Waals surface area contributed by atoms with Crippen molar-refractivity contribution >= 4 is 11.8 Å². The quantitative estimate of drug-likeness (QED) is 0.378. The molecule has 38 heavy (non-hydrogen) atoms. The number of carbonyl (C=O) groups excluding carboxylic acids is 2. The normalized spacial score (nSPS) is 14.2. The Bertz CT molecular complexity index is 1170. The molecule has 2 amide bonds. The number of likely N-dealkylation sites (tertiary alicyclic amines) is 1. The van der Waals surface area contributed by atoms with Gasteiger partial charge in [0.25, 0.3) is 5.91 Å². The highest BCUT2D eigenvalue weighted by atomic mass is 16.3. The van der Waals surface area contributed by atoms with Crippen LogP contribution in [0.15, 0.2) is 78.9 Å². The van der Waals surface area contributed by atoms with E-state index >= 15 is 0 Å². The largest absolute Gasteiger partial charge is 0.508 e. The number of hydrogen-bond donors (Lipinski definition) is 2. The molecule has 0 saturated carbocycles. The molecule has 0 radical (unpaired) electrons. The number of nitrogens with one attached hydrogen (secondary N) is 1. The Morgan fingerprint density at radius 2 is 1.61 bits per heavy atom. The van der Waals surface area contributed by atoms with Crippen molar-refractivity contribution in [2.24, 2.45) is 5.92 Å². The number of aromatic hydroxyl groups is 1. The zero-order valence-electron chi connectivity index (χ0n) is 22.3. The third kappa shape index (κ3) is 7.68. The van der Waals surface area contributed by atoms with E-state index in [0.717, 1.165) is 37.1 Å². The summed E-state index contributed by atoms with van der Waals surface area (Å²) in [7, 11) is 0. The van der Waals surface area contributed by atoms with Crippen LogP contribution >= 0.6 is 0 Å². The molecule has 0 spiro atoms. The van der Waals surface area contributed by atoms with Crippen LogP contribution in [0.4, 0.5) is 0 Å². The molecule has 1 fully saturated rings. The van der Waals surface area contributed by atoms with E-state index in [1.165, 1.54) is 12.0 Å². The summed E-state index contributed by atoms with van der Waals surface area (Å²) in [6.07, 6.45) is 3.88. The van der Waals surface area contributed by atoms with Crippen molar-refractivity contribution in [1.29, 1.82) is 0 Å². The maximum absolute atomic E-state index is 13.8. The van der Waals surface area contributed by atoms with Crippen molar-refractivity contribution in [2.45, 2.75) is 45.7 Å². The number of piperidine rings is 1. The molecule has 1 atom stereocenters. The maximum atomic E-state index is 13.8. The van der Waals surface area contributed by atoms with Crippen LogP contribution in [0.25, 0.3) is 0 Å². The van der Waals surface area contributed by atoms with E-state index in [9.17, 15) is 14.7 Å². The van der Waals surface area contributed by atoms with Crippen LogP contribution in [-0.2, 0) is 24.3 Å². The number of rotatable bonds is 11. The van der Waals surface area contributed by atoms with Gasteiger partial charge in [0.2, 0.25) is 5.91 Å². The number of phenols is 1. The predicted octanol–water partition coefficient (Wildman–Crippen LogP) is 5.02. The van der Waals surface area contributed by atoms with Gasteiger partial charge in [0, 0.05) is 44.8 Å². The monoisotopic (exact) mass is 513 g/mol. The van der Waals surface area contributed by atoms with Crippen molar-refractivity contribution in [3.05, 3.63) is 101 Å². The molecule has 0 aromatic heterocycles. The van der Waals surface area contributed by atoms with Gasteiger partial charge >= 0.3 is 0 Å². The molecule has 1 heterocycles. The summed E-state index contributed by atoms with van der Waals surface area (Å²) in [5.74, 6) is 0.111. The minimum atomic E-state index is -0.263. The molecule has 6 nitrogen and oxygen atoms in total. The molecule has 4 rings (SSSR count). The summed E-state index contributed by atoms with van der Waals surface area (Å²) >= 11 is 0. The lowest BCUT2D eigenvalue weighted by molar-refractivity contribution is -0.135. The van der Waals surface area contributed by atoms with Crippen LogP contribution in [0, 0.1) is 5.92 Å². The van der Waals surface area contributed by atoms with E-state index in [-0.39, 0.29) is 23.5 Å². The van der Waals surface area contributed by atoms with Crippen LogP contribution in [-0.4, -0.2) is 52.9 Å². The lowest BCUT2D eigenvalue weighted by Gasteiger charge is -2.28. The summed E-state index contributed by atoms with van der Waals surface area (Å²) in [6.45, 7) is 5.89. The van der Waals surface area contributed by atoms with Crippen molar-refractivity contribution in [3.8, 4) is 5.75 Å². The van der Waals surface area contributed by atoms with Gasteiger partial charge in [-0.1, -0.05) is 54.6 Å². The van der Waals surface area contributed by atoms with Crippen molar-refractivity contribution < 1.29 is 14.7 Å². The second-order valence-corrected chi connectivity index (χ2v) is 10.1. The van der Waals surface area contributed by atoms with Crippen LogP contribution < -0.4 is 5.32 Å². The molecular formula is C32H39N3O3. The molecule has 1 unspecified atom stereocenters. The number of nitrogens with zero attached hydrogens (tertiary/aromatic N) is 2. The third-order valence-corrected chi connectivity index (χ3v) is 7.21.